The topological polar surface area (TPSA) is 73.3 Å². The van der Waals surface area contributed by atoms with Gasteiger partial charge in [0.25, 0.3) is 0 Å². The number of aromatic nitrogens is 2. The summed E-state index contributed by atoms with van der Waals surface area (Å²) < 4.78 is 49.4. The van der Waals surface area contributed by atoms with Crippen LogP contribution in [0.4, 0.5) is 19.1 Å². The molecule has 1 aromatic rings. The van der Waals surface area contributed by atoms with E-state index in [-0.39, 0.29) is 31.1 Å². The number of carbonyl (C=O) groups is 1. The summed E-state index contributed by atoms with van der Waals surface area (Å²) in [6.07, 6.45) is -0.205. The van der Waals surface area contributed by atoms with Crippen molar-refractivity contribution >= 4 is 12.2 Å². The summed E-state index contributed by atoms with van der Waals surface area (Å²) in [6, 6.07) is -0.0365. The zero-order valence-corrected chi connectivity index (χ0v) is 12.9. The van der Waals surface area contributed by atoms with Crippen molar-refractivity contribution in [3.63, 3.8) is 0 Å². The van der Waals surface area contributed by atoms with Gasteiger partial charge in [-0.2, -0.15) is 18.2 Å². The van der Waals surface area contributed by atoms with E-state index in [2.05, 4.69) is 15.3 Å². The molecule has 1 saturated heterocycles. The van der Waals surface area contributed by atoms with Gasteiger partial charge in [-0.15, -0.1) is 0 Å². The van der Waals surface area contributed by atoms with Gasteiger partial charge in [-0.05, 0) is 19.3 Å². The van der Waals surface area contributed by atoms with Gasteiger partial charge in [-0.1, -0.05) is 6.42 Å². The molecule has 6 nitrogen and oxygen atoms in total. The van der Waals surface area contributed by atoms with E-state index in [1.165, 1.54) is 0 Å². The van der Waals surface area contributed by atoms with E-state index in [1.54, 1.807) is 0 Å². The maximum atomic E-state index is 13.1. The number of aldehydes is 1. The van der Waals surface area contributed by atoms with Gasteiger partial charge in [0.05, 0.1) is 13.2 Å². The molecule has 132 valence electrons. The summed E-state index contributed by atoms with van der Waals surface area (Å²) in [5, 5.41) is 3.01. The molecular formula is C15H18F3N3O3. The van der Waals surface area contributed by atoms with Crippen LogP contribution in [0.3, 0.4) is 0 Å². The van der Waals surface area contributed by atoms with Crippen molar-refractivity contribution in [1.82, 2.24) is 9.97 Å². The molecule has 1 aromatic heterocycles. The molecule has 1 aliphatic carbocycles. The second-order valence-electron chi connectivity index (χ2n) is 6.09. The van der Waals surface area contributed by atoms with Crippen LogP contribution in [0.25, 0.3) is 0 Å². The Labute approximate surface area is 136 Å². The monoisotopic (exact) mass is 345 g/mol. The first-order chi connectivity index (χ1) is 11.5. The third-order valence-corrected chi connectivity index (χ3v) is 4.19. The van der Waals surface area contributed by atoms with Gasteiger partial charge in [0.1, 0.15) is 18.0 Å². The van der Waals surface area contributed by atoms with Crippen molar-refractivity contribution < 1.29 is 27.4 Å². The lowest BCUT2D eigenvalue weighted by Gasteiger charge is -2.28. The number of anilines is 1. The number of rotatable bonds is 5. The fourth-order valence-corrected chi connectivity index (χ4v) is 2.82. The largest absolute Gasteiger partial charge is 0.469 e. The van der Waals surface area contributed by atoms with Crippen molar-refractivity contribution in [1.29, 1.82) is 0 Å². The van der Waals surface area contributed by atoms with E-state index in [0.29, 0.717) is 6.42 Å². The molecule has 0 aromatic carbocycles. The minimum atomic E-state index is -4.59. The van der Waals surface area contributed by atoms with E-state index < -0.39 is 23.7 Å². The first-order valence-electron chi connectivity index (χ1n) is 7.86. The molecule has 2 fully saturated rings. The molecule has 3 rings (SSSR count). The maximum Gasteiger partial charge on any atom is 0.423 e. The van der Waals surface area contributed by atoms with Gasteiger partial charge in [-0.3, -0.25) is 0 Å². The van der Waals surface area contributed by atoms with Crippen molar-refractivity contribution in [3.8, 4) is 5.88 Å². The summed E-state index contributed by atoms with van der Waals surface area (Å²) in [7, 11) is 0. The Morgan fingerprint density at radius 2 is 2.12 bits per heavy atom. The molecule has 1 saturated carbocycles. The number of nitrogens with zero attached hydrogens (tertiary/aromatic N) is 2. The number of alkyl halides is 3. The zero-order chi connectivity index (χ0) is 17.2. The molecule has 24 heavy (non-hydrogen) atoms. The average Bonchev–Trinajstić information content (AvgIpc) is 2.50. The molecule has 0 amide bonds. The minimum Gasteiger partial charge on any atom is -0.469 e. The SMILES string of the molecule is O=CC1CCCC(Nc2ncc(C(F)(F)F)c(OC3COC3)n2)C1. The van der Waals surface area contributed by atoms with Crippen LogP contribution in [0.5, 0.6) is 5.88 Å². The van der Waals surface area contributed by atoms with Crippen molar-refractivity contribution in [2.45, 2.75) is 44.0 Å². The Balaban J connectivity index is 1.75. The number of nitrogens with one attached hydrogen (secondary N) is 1. The number of hydrogen-bond donors (Lipinski definition) is 1. The normalized spacial score (nSPS) is 25.0. The zero-order valence-electron chi connectivity index (χ0n) is 12.9. The predicted molar refractivity (Wildman–Crippen MR) is 77.7 cm³/mol. The summed E-state index contributed by atoms with van der Waals surface area (Å²) in [6.45, 7) is 0.488. The lowest BCUT2D eigenvalue weighted by Crippen LogP contribution is -2.39. The molecular weight excluding hydrogens is 327 g/mol. The lowest BCUT2D eigenvalue weighted by molar-refractivity contribution is -0.142. The number of hydrogen-bond acceptors (Lipinski definition) is 6. The Morgan fingerprint density at radius 1 is 1.33 bits per heavy atom. The van der Waals surface area contributed by atoms with E-state index in [9.17, 15) is 18.0 Å². The second kappa shape index (κ2) is 6.92. The van der Waals surface area contributed by atoms with Gasteiger partial charge in [0.15, 0.2) is 0 Å². The highest BCUT2D eigenvalue weighted by molar-refractivity contribution is 5.54. The van der Waals surface area contributed by atoms with Crippen LogP contribution in [-0.2, 0) is 15.7 Å². The number of halogens is 3. The first-order valence-corrected chi connectivity index (χ1v) is 7.86. The van der Waals surface area contributed by atoms with Crippen molar-refractivity contribution in [3.05, 3.63) is 11.8 Å². The van der Waals surface area contributed by atoms with Gasteiger partial charge in [0.2, 0.25) is 11.8 Å². The third-order valence-electron chi connectivity index (χ3n) is 4.19. The van der Waals surface area contributed by atoms with Crippen LogP contribution in [0, 0.1) is 5.92 Å². The Hall–Kier alpha value is -1.90. The Bertz CT molecular complexity index is 593. The Morgan fingerprint density at radius 3 is 2.75 bits per heavy atom. The maximum absolute atomic E-state index is 13.1. The highest BCUT2D eigenvalue weighted by Crippen LogP contribution is 2.36. The van der Waals surface area contributed by atoms with Crippen LogP contribution in [0.1, 0.15) is 31.2 Å². The van der Waals surface area contributed by atoms with Gasteiger partial charge >= 0.3 is 6.18 Å². The highest BCUT2D eigenvalue weighted by atomic mass is 19.4. The molecule has 2 aliphatic rings. The van der Waals surface area contributed by atoms with E-state index in [0.717, 1.165) is 31.7 Å². The number of carbonyl (C=O) groups excluding carboxylic acids is 1. The van der Waals surface area contributed by atoms with Crippen LogP contribution < -0.4 is 10.1 Å². The summed E-state index contributed by atoms with van der Waals surface area (Å²) in [4.78, 5) is 18.6. The lowest BCUT2D eigenvalue weighted by atomic mass is 9.87. The molecule has 0 radical (unpaired) electrons. The molecule has 2 atom stereocenters. The predicted octanol–water partition coefficient (Wildman–Crippen LogP) is 2.44. The molecule has 1 N–H and O–H groups in total. The summed E-state index contributed by atoms with van der Waals surface area (Å²) in [5.74, 6) is -0.445. The fraction of sp³-hybridized carbons (Fsp3) is 0.667. The van der Waals surface area contributed by atoms with Crippen LogP contribution in [0.15, 0.2) is 6.20 Å². The van der Waals surface area contributed by atoms with Crippen LogP contribution >= 0.6 is 0 Å². The van der Waals surface area contributed by atoms with Crippen molar-refractivity contribution in [2.24, 2.45) is 5.92 Å². The smallest absolute Gasteiger partial charge is 0.423 e. The molecule has 2 heterocycles. The third kappa shape index (κ3) is 3.95. The highest BCUT2D eigenvalue weighted by Gasteiger charge is 2.38. The summed E-state index contributed by atoms with van der Waals surface area (Å²) >= 11 is 0. The van der Waals surface area contributed by atoms with E-state index >= 15 is 0 Å². The standard InChI is InChI=1S/C15H18F3N3O3/c16-15(17,18)12-5-19-14(21-13(12)24-11-7-23-8-11)20-10-3-1-2-9(4-10)6-22/h5-6,9-11H,1-4,7-8H2,(H,19,20,21). The molecule has 9 heteroatoms. The van der Waals surface area contributed by atoms with Crippen LogP contribution in [0.2, 0.25) is 0 Å². The average molecular weight is 345 g/mol. The van der Waals surface area contributed by atoms with Crippen molar-refractivity contribution in [2.75, 3.05) is 18.5 Å². The fourth-order valence-electron chi connectivity index (χ4n) is 2.82. The van der Waals surface area contributed by atoms with E-state index in [4.69, 9.17) is 9.47 Å². The molecule has 1 aliphatic heterocycles. The Kier molecular flexibility index (Phi) is 4.88. The molecule has 0 bridgehead atoms. The molecule has 0 spiro atoms. The quantitative estimate of drug-likeness (QED) is 0.827. The van der Waals surface area contributed by atoms with E-state index in [1.807, 2.05) is 0 Å². The molecule has 2 unspecified atom stereocenters. The van der Waals surface area contributed by atoms with Gasteiger partial charge < -0.3 is 19.6 Å². The van der Waals surface area contributed by atoms with Crippen LogP contribution in [-0.4, -0.2) is 41.6 Å². The summed E-state index contributed by atoms with van der Waals surface area (Å²) in [5.41, 5.74) is -1.01. The second-order valence-corrected chi connectivity index (χ2v) is 6.09. The number of ether oxygens (including phenoxy) is 2. The van der Waals surface area contributed by atoms with Gasteiger partial charge in [-0.25, -0.2) is 4.98 Å². The minimum absolute atomic E-state index is 0.0338. The first kappa shape index (κ1) is 16.9. The van der Waals surface area contributed by atoms with Gasteiger partial charge in [0, 0.05) is 18.2 Å².